The zero-order valence-electron chi connectivity index (χ0n) is 17.7. The molecule has 164 valence electrons. The lowest BCUT2D eigenvalue weighted by Crippen LogP contribution is -2.10. The second-order valence-electron chi connectivity index (χ2n) is 7.28. The van der Waals surface area contributed by atoms with Gasteiger partial charge in [-0.1, -0.05) is 17.7 Å². The quantitative estimate of drug-likeness (QED) is 0.331. The number of amides is 1. The zero-order valence-corrected chi connectivity index (χ0v) is 19.2. The van der Waals surface area contributed by atoms with Crippen molar-refractivity contribution in [3.05, 3.63) is 81.1 Å². The Bertz CT molecular complexity index is 1300. The number of nitrogens with one attached hydrogen (secondary N) is 1. The van der Waals surface area contributed by atoms with Crippen molar-refractivity contribution in [1.29, 1.82) is 0 Å². The number of hydrogen-bond donors (Lipinski definition) is 1. The smallest absolute Gasteiger partial charge is 0.349 e. The van der Waals surface area contributed by atoms with Crippen molar-refractivity contribution in [2.24, 2.45) is 0 Å². The Morgan fingerprint density at radius 3 is 2.53 bits per heavy atom. The summed E-state index contributed by atoms with van der Waals surface area (Å²) in [7, 11) is 1.30. The number of anilines is 1. The van der Waals surface area contributed by atoms with Gasteiger partial charge in [-0.25, -0.2) is 4.79 Å². The van der Waals surface area contributed by atoms with Crippen LogP contribution in [0, 0.1) is 13.8 Å². The molecule has 2 heterocycles. The molecule has 0 aliphatic heterocycles. The molecule has 0 aliphatic rings. The van der Waals surface area contributed by atoms with Gasteiger partial charge >= 0.3 is 5.97 Å². The molecule has 1 amide bonds. The van der Waals surface area contributed by atoms with E-state index in [9.17, 15) is 9.59 Å². The maximum Gasteiger partial charge on any atom is 0.349 e. The Labute approximate surface area is 193 Å². The molecule has 0 bridgehead atoms. The Kier molecular flexibility index (Phi) is 6.21. The van der Waals surface area contributed by atoms with Crippen molar-refractivity contribution in [2.45, 2.75) is 20.5 Å². The molecule has 2 aromatic carbocycles. The zero-order chi connectivity index (χ0) is 22.8. The van der Waals surface area contributed by atoms with E-state index in [2.05, 4.69) is 11.4 Å². The minimum Gasteiger partial charge on any atom is -0.486 e. The number of thiophene rings is 1. The Hall–Kier alpha value is -3.29. The van der Waals surface area contributed by atoms with Crippen molar-refractivity contribution < 1.29 is 23.5 Å². The van der Waals surface area contributed by atoms with Crippen LogP contribution in [0.25, 0.3) is 10.1 Å². The molecule has 4 rings (SSSR count). The summed E-state index contributed by atoms with van der Waals surface area (Å²) in [5, 5.41) is 3.86. The third-order valence-corrected chi connectivity index (χ3v) is 6.36. The van der Waals surface area contributed by atoms with Crippen LogP contribution in [0.5, 0.6) is 5.75 Å². The first-order chi connectivity index (χ1) is 15.3. The van der Waals surface area contributed by atoms with Crippen molar-refractivity contribution in [3.8, 4) is 5.75 Å². The highest BCUT2D eigenvalue weighted by Crippen LogP contribution is 2.37. The highest BCUT2D eigenvalue weighted by atomic mass is 35.5. The third-order valence-electron chi connectivity index (χ3n) is 4.72. The average Bonchev–Trinajstić information content (AvgIpc) is 3.36. The van der Waals surface area contributed by atoms with E-state index in [0.29, 0.717) is 21.3 Å². The molecule has 0 saturated carbocycles. The lowest BCUT2D eigenvalue weighted by molar-refractivity contribution is 0.0606. The van der Waals surface area contributed by atoms with E-state index in [1.807, 2.05) is 26.0 Å². The number of ether oxygens (including phenoxy) is 2. The summed E-state index contributed by atoms with van der Waals surface area (Å²) in [5.74, 6) is 0.575. The Morgan fingerprint density at radius 1 is 1.06 bits per heavy atom. The van der Waals surface area contributed by atoms with Gasteiger partial charge < -0.3 is 19.2 Å². The highest BCUT2D eigenvalue weighted by molar-refractivity contribution is 7.21. The van der Waals surface area contributed by atoms with Crippen LogP contribution in [0.2, 0.25) is 5.02 Å². The van der Waals surface area contributed by atoms with Crippen molar-refractivity contribution in [1.82, 2.24) is 0 Å². The summed E-state index contributed by atoms with van der Waals surface area (Å²) in [6.45, 7) is 4.23. The fraction of sp³-hybridized carbons (Fsp3) is 0.167. The molecule has 0 fully saturated rings. The lowest BCUT2D eigenvalue weighted by atomic mass is 10.1. The average molecular weight is 470 g/mol. The number of rotatable bonds is 6. The molecule has 0 unspecified atom stereocenters. The minimum absolute atomic E-state index is 0.170. The molecule has 2 aromatic heterocycles. The maximum atomic E-state index is 12.6. The summed E-state index contributed by atoms with van der Waals surface area (Å²) in [5.41, 5.74) is 2.78. The molecule has 32 heavy (non-hydrogen) atoms. The van der Waals surface area contributed by atoms with E-state index in [1.165, 1.54) is 18.4 Å². The van der Waals surface area contributed by atoms with Gasteiger partial charge in [0.25, 0.3) is 5.91 Å². The number of benzene rings is 2. The number of halogens is 1. The van der Waals surface area contributed by atoms with Crippen molar-refractivity contribution in [3.63, 3.8) is 0 Å². The lowest BCUT2D eigenvalue weighted by Gasteiger charge is -2.07. The number of hydrogen-bond acceptors (Lipinski definition) is 6. The molecule has 4 aromatic rings. The number of fused-ring (bicyclic) bond motifs is 1. The second kappa shape index (κ2) is 9.06. The first-order valence-corrected chi connectivity index (χ1v) is 10.9. The normalized spacial score (nSPS) is 10.9. The van der Waals surface area contributed by atoms with Crippen LogP contribution in [0.1, 0.15) is 37.1 Å². The first-order valence-electron chi connectivity index (χ1n) is 9.75. The summed E-state index contributed by atoms with van der Waals surface area (Å²) in [6, 6.07) is 14.5. The van der Waals surface area contributed by atoms with Crippen molar-refractivity contribution >= 4 is 50.6 Å². The molecular formula is C24H20ClNO5S. The predicted octanol–water partition coefficient (Wildman–Crippen LogP) is 6.38. The van der Waals surface area contributed by atoms with E-state index >= 15 is 0 Å². The summed E-state index contributed by atoms with van der Waals surface area (Å²) < 4.78 is 16.9. The number of furan rings is 1. The summed E-state index contributed by atoms with van der Waals surface area (Å²) in [6.07, 6.45) is 0. The molecule has 6 nitrogen and oxygen atoms in total. The van der Waals surface area contributed by atoms with Gasteiger partial charge in [0.2, 0.25) is 0 Å². The standard InChI is InChI=1S/C24H20ClNO5S/c1-13-8-14(2)10-17(9-13)30-12-16-5-7-19(31-16)23(27)26-15-4-6-18-20(11-15)32-22(21(18)25)24(28)29-3/h4-11H,12H2,1-3H3,(H,26,27). The SMILES string of the molecule is COC(=O)c1sc2cc(NC(=O)c3ccc(COc4cc(C)cc(C)c4)o3)ccc2c1Cl. The summed E-state index contributed by atoms with van der Waals surface area (Å²) in [4.78, 5) is 24.8. The van der Waals surface area contributed by atoms with Crippen molar-refractivity contribution in [2.75, 3.05) is 12.4 Å². The van der Waals surface area contributed by atoms with Gasteiger partial charge in [0.1, 0.15) is 23.0 Å². The number of methoxy groups -OCH3 is 1. The number of aryl methyl sites for hydroxylation is 2. The maximum absolute atomic E-state index is 12.6. The van der Waals surface area contributed by atoms with Gasteiger partial charge in [-0.2, -0.15) is 0 Å². The fourth-order valence-electron chi connectivity index (χ4n) is 3.31. The van der Waals surface area contributed by atoms with Crippen LogP contribution < -0.4 is 10.1 Å². The topological polar surface area (TPSA) is 77.8 Å². The fourth-order valence-corrected chi connectivity index (χ4v) is 4.77. The number of esters is 1. The molecule has 1 N–H and O–H groups in total. The van der Waals surface area contributed by atoms with Gasteiger partial charge in [-0.15, -0.1) is 11.3 Å². The van der Waals surface area contributed by atoms with E-state index < -0.39 is 11.9 Å². The van der Waals surface area contributed by atoms with E-state index in [4.69, 9.17) is 25.5 Å². The number of carbonyl (C=O) groups is 2. The van der Waals surface area contributed by atoms with E-state index in [1.54, 1.807) is 30.3 Å². The van der Waals surface area contributed by atoms with Gasteiger partial charge in [-0.05, 0) is 67.4 Å². The van der Waals surface area contributed by atoms with Gasteiger partial charge in [0, 0.05) is 15.8 Å². The van der Waals surface area contributed by atoms with E-state index in [-0.39, 0.29) is 12.4 Å². The minimum atomic E-state index is -0.493. The van der Waals surface area contributed by atoms with Crippen LogP contribution in [0.15, 0.2) is 52.9 Å². The third kappa shape index (κ3) is 4.64. The van der Waals surface area contributed by atoms with Gasteiger partial charge in [-0.3, -0.25) is 4.79 Å². The van der Waals surface area contributed by atoms with Gasteiger partial charge in [0.05, 0.1) is 12.1 Å². The second-order valence-corrected chi connectivity index (χ2v) is 8.71. The molecule has 0 radical (unpaired) electrons. The van der Waals surface area contributed by atoms with Gasteiger partial charge in [0.15, 0.2) is 5.76 Å². The summed E-state index contributed by atoms with van der Waals surface area (Å²) >= 11 is 7.48. The molecule has 8 heteroatoms. The van der Waals surface area contributed by atoms with Crippen LogP contribution in [0.4, 0.5) is 5.69 Å². The van der Waals surface area contributed by atoms with Crippen LogP contribution >= 0.6 is 22.9 Å². The number of carbonyl (C=O) groups excluding carboxylic acids is 2. The molecular weight excluding hydrogens is 450 g/mol. The molecule has 0 spiro atoms. The van der Waals surface area contributed by atoms with Crippen LogP contribution in [0.3, 0.4) is 0 Å². The molecule has 0 saturated heterocycles. The first kappa shape index (κ1) is 21.9. The Morgan fingerprint density at radius 2 is 1.81 bits per heavy atom. The van der Waals surface area contributed by atoms with Crippen LogP contribution in [-0.4, -0.2) is 19.0 Å². The largest absolute Gasteiger partial charge is 0.486 e. The molecule has 0 atom stereocenters. The predicted molar refractivity (Wildman–Crippen MR) is 125 cm³/mol. The molecule has 0 aliphatic carbocycles. The van der Waals surface area contributed by atoms with E-state index in [0.717, 1.165) is 27.0 Å². The monoisotopic (exact) mass is 469 g/mol. The highest BCUT2D eigenvalue weighted by Gasteiger charge is 2.18. The Balaban J connectivity index is 1.44. The van der Waals surface area contributed by atoms with Crippen LogP contribution in [-0.2, 0) is 11.3 Å².